The summed E-state index contributed by atoms with van der Waals surface area (Å²) in [4.78, 5) is 15.6. The number of hydrogen-bond acceptors (Lipinski definition) is 5. The Labute approximate surface area is 116 Å². The van der Waals surface area contributed by atoms with E-state index in [9.17, 15) is 13.2 Å². The fourth-order valence-electron chi connectivity index (χ4n) is 2.23. The molecule has 8 heteroatoms. The van der Waals surface area contributed by atoms with Crippen LogP contribution < -0.4 is 0 Å². The lowest BCUT2D eigenvalue weighted by Gasteiger charge is -2.28. The molecule has 2 heterocycles. The van der Waals surface area contributed by atoms with Crippen molar-refractivity contribution in [3.63, 3.8) is 0 Å². The summed E-state index contributed by atoms with van der Waals surface area (Å²) in [7, 11) is 1.68. The van der Waals surface area contributed by atoms with Gasteiger partial charge in [-0.2, -0.15) is 11.8 Å². The first-order valence-corrected chi connectivity index (χ1v) is 9.51. The number of halogens is 1. The van der Waals surface area contributed by atoms with E-state index < -0.39 is 14.3 Å². The number of amides is 1. The normalized spacial score (nSPS) is 26.8. The van der Waals surface area contributed by atoms with Gasteiger partial charge in [-0.15, -0.1) is 0 Å². The van der Waals surface area contributed by atoms with Gasteiger partial charge in [-0.25, -0.2) is 8.42 Å². The Bertz CT molecular complexity index is 409. The monoisotopic (exact) mass is 312 g/mol. The minimum absolute atomic E-state index is 0.0294. The van der Waals surface area contributed by atoms with E-state index in [2.05, 4.69) is 4.90 Å². The fraction of sp³-hybridized carbons (Fsp3) is 0.900. The van der Waals surface area contributed by atoms with Crippen LogP contribution in [0.1, 0.15) is 6.42 Å². The molecule has 0 aromatic carbocycles. The third-order valence-electron chi connectivity index (χ3n) is 3.37. The molecule has 1 amide bonds. The van der Waals surface area contributed by atoms with Crippen LogP contribution in [0.4, 0.5) is 0 Å². The largest absolute Gasteiger partial charge is 0.340 e. The smallest absolute Gasteiger partial charge is 0.237 e. The Morgan fingerprint density at radius 1 is 1.28 bits per heavy atom. The first kappa shape index (κ1) is 14.4. The van der Waals surface area contributed by atoms with Crippen LogP contribution in [0.25, 0.3) is 0 Å². The first-order chi connectivity index (χ1) is 8.47. The molecule has 18 heavy (non-hydrogen) atoms. The highest BCUT2D eigenvalue weighted by Gasteiger charge is 2.37. The van der Waals surface area contributed by atoms with Gasteiger partial charge in [0.2, 0.25) is 15.0 Å². The van der Waals surface area contributed by atoms with Crippen molar-refractivity contribution in [3.8, 4) is 0 Å². The van der Waals surface area contributed by atoms with E-state index in [1.807, 2.05) is 11.8 Å². The van der Waals surface area contributed by atoms with Crippen LogP contribution in [0, 0.1) is 0 Å². The molecule has 0 aromatic heterocycles. The maximum Gasteiger partial charge on any atom is 0.237 e. The fourth-order valence-corrected chi connectivity index (χ4v) is 4.26. The number of carbonyl (C=O) groups excluding carboxylic acids is 1. The van der Waals surface area contributed by atoms with Crippen LogP contribution in [0.2, 0.25) is 0 Å². The van der Waals surface area contributed by atoms with Crippen LogP contribution in [0.5, 0.6) is 0 Å². The summed E-state index contributed by atoms with van der Waals surface area (Å²) in [6.07, 6.45) is 0.0294. The maximum atomic E-state index is 11.7. The molecule has 0 spiro atoms. The van der Waals surface area contributed by atoms with Crippen molar-refractivity contribution >= 4 is 37.4 Å². The third kappa shape index (κ3) is 3.76. The Hall–Kier alpha value is 0.0200. The quantitative estimate of drug-likeness (QED) is 0.694. The molecule has 1 unspecified atom stereocenters. The van der Waals surface area contributed by atoms with Gasteiger partial charge in [-0.3, -0.25) is 9.69 Å². The average molecular weight is 313 g/mol. The molecular weight excluding hydrogens is 296 g/mol. The zero-order valence-corrected chi connectivity index (χ0v) is 12.4. The Kier molecular flexibility index (Phi) is 4.80. The van der Waals surface area contributed by atoms with Crippen LogP contribution in [-0.4, -0.2) is 73.6 Å². The highest BCUT2D eigenvalue weighted by atomic mass is 35.7. The lowest BCUT2D eigenvalue weighted by Crippen LogP contribution is -2.40. The van der Waals surface area contributed by atoms with Gasteiger partial charge in [-0.1, -0.05) is 0 Å². The Morgan fingerprint density at radius 2 is 1.94 bits per heavy atom. The van der Waals surface area contributed by atoms with E-state index in [0.717, 1.165) is 31.1 Å². The molecule has 0 radical (unpaired) electrons. The summed E-state index contributed by atoms with van der Waals surface area (Å²) in [6.45, 7) is 3.76. The van der Waals surface area contributed by atoms with Crippen LogP contribution >= 0.6 is 22.4 Å². The van der Waals surface area contributed by atoms with Crippen molar-refractivity contribution in [1.29, 1.82) is 0 Å². The standard InChI is InChI=1S/C10H17ClN2O3S2/c11-18(15,16)9-7-10(14)13(8-9)2-1-12-3-5-17-6-4-12/h9H,1-8H2. The van der Waals surface area contributed by atoms with Gasteiger partial charge in [0, 0.05) is 61.3 Å². The summed E-state index contributed by atoms with van der Waals surface area (Å²) in [5, 5.41) is -0.733. The van der Waals surface area contributed by atoms with Gasteiger partial charge in [0.15, 0.2) is 0 Å². The van der Waals surface area contributed by atoms with E-state index >= 15 is 0 Å². The number of nitrogens with zero attached hydrogens (tertiary/aromatic N) is 2. The van der Waals surface area contributed by atoms with Crippen LogP contribution in [0.15, 0.2) is 0 Å². The SMILES string of the molecule is O=C1CC(S(=O)(=O)Cl)CN1CCN1CCSCC1. The topological polar surface area (TPSA) is 57.7 Å². The van der Waals surface area contributed by atoms with Crippen molar-refractivity contribution in [2.45, 2.75) is 11.7 Å². The number of thioether (sulfide) groups is 1. The maximum absolute atomic E-state index is 11.7. The molecule has 0 saturated carbocycles. The molecule has 0 aliphatic carbocycles. The molecule has 2 fully saturated rings. The summed E-state index contributed by atoms with van der Waals surface area (Å²) >= 11 is 1.94. The molecule has 2 saturated heterocycles. The van der Waals surface area contributed by atoms with Gasteiger partial charge < -0.3 is 4.90 Å². The van der Waals surface area contributed by atoms with Gasteiger partial charge in [-0.05, 0) is 0 Å². The van der Waals surface area contributed by atoms with Crippen molar-refractivity contribution in [2.24, 2.45) is 0 Å². The molecule has 1 atom stereocenters. The van der Waals surface area contributed by atoms with E-state index in [1.54, 1.807) is 4.90 Å². The zero-order valence-electron chi connectivity index (χ0n) is 10.0. The predicted octanol–water partition coefficient (Wildman–Crippen LogP) is 0.205. The highest BCUT2D eigenvalue weighted by Crippen LogP contribution is 2.21. The number of carbonyl (C=O) groups is 1. The lowest BCUT2D eigenvalue weighted by molar-refractivity contribution is -0.127. The van der Waals surface area contributed by atoms with E-state index in [4.69, 9.17) is 10.7 Å². The molecule has 0 aromatic rings. The molecule has 0 N–H and O–H groups in total. The van der Waals surface area contributed by atoms with Crippen LogP contribution in [0.3, 0.4) is 0 Å². The average Bonchev–Trinajstić information content (AvgIpc) is 2.69. The molecule has 2 rings (SSSR count). The predicted molar refractivity (Wildman–Crippen MR) is 73.5 cm³/mol. The third-order valence-corrected chi connectivity index (χ3v) is 6.18. The molecule has 0 bridgehead atoms. The summed E-state index contributed by atoms with van der Waals surface area (Å²) in [5.74, 6) is 2.16. The highest BCUT2D eigenvalue weighted by molar-refractivity contribution is 8.14. The van der Waals surface area contributed by atoms with Gasteiger partial charge in [0.05, 0.1) is 0 Å². The molecule has 2 aliphatic rings. The van der Waals surface area contributed by atoms with E-state index in [0.29, 0.717) is 6.54 Å². The van der Waals surface area contributed by atoms with Gasteiger partial charge >= 0.3 is 0 Å². The second kappa shape index (κ2) is 5.98. The number of hydrogen-bond donors (Lipinski definition) is 0. The van der Waals surface area contributed by atoms with Crippen molar-refractivity contribution in [2.75, 3.05) is 44.2 Å². The van der Waals surface area contributed by atoms with Crippen molar-refractivity contribution in [3.05, 3.63) is 0 Å². The minimum atomic E-state index is -3.62. The molecular formula is C10H17ClN2O3S2. The van der Waals surface area contributed by atoms with Crippen LogP contribution in [-0.2, 0) is 13.8 Å². The lowest BCUT2D eigenvalue weighted by atomic mass is 10.4. The summed E-state index contributed by atoms with van der Waals surface area (Å²) in [6, 6.07) is 0. The molecule has 2 aliphatic heterocycles. The second-order valence-electron chi connectivity index (χ2n) is 4.60. The molecule has 5 nitrogen and oxygen atoms in total. The summed E-state index contributed by atoms with van der Waals surface area (Å²) < 4.78 is 22.4. The second-order valence-corrected chi connectivity index (χ2v) is 8.73. The summed E-state index contributed by atoms with van der Waals surface area (Å²) in [5.41, 5.74) is 0. The zero-order chi connectivity index (χ0) is 13.2. The van der Waals surface area contributed by atoms with E-state index in [-0.39, 0.29) is 18.9 Å². The van der Waals surface area contributed by atoms with Gasteiger partial charge in [0.25, 0.3) is 0 Å². The Morgan fingerprint density at radius 3 is 2.50 bits per heavy atom. The number of rotatable bonds is 4. The van der Waals surface area contributed by atoms with E-state index in [1.165, 1.54) is 0 Å². The Balaban J connectivity index is 1.81. The van der Waals surface area contributed by atoms with Crippen molar-refractivity contribution < 1.29 is 13.2 Å². The molecule has 104 valence electrons. The first-order valence-electron chi connectivity index (χ1n) is 5.98. The number of likely N-dealkylation sites (tertiary alicyclic amines) is 1. The minimum Gasteiger partial charge on any atom is -0.340 e. The van der Waals surface area contributed by atoms with Gasteiger partial charge in [0.1, 0.15) is 5.25 Å². The van der Waals surface area contributed by atoms with Crippen molar-refractivity contribution in [1.82, 2.24) is 9.80 Å².